The van der Waals surface area contributed by atoms with Crippen LogP contribution in [0.15, 0.2) is 134 Å². The largest absolute Gasteiger partial charge is 0.472 e. The van der Waals surface area contributed by atoms with E-state index in [0.29, 0.717) is 25.7 Å². The third-order valence-corrected chi connectivity index (χ3v) is 18.0. The van der Waals surface area contributed by atoms with E-state index in [-0.39, 0.29) is 25.7 Å². The minimum Gasteiger partial charge on any atom is -0.462 e. The molecule has 0 bridgehead atoms. The summed E-state index contributed by atoms with van der Waals surface area (Å²) in [5, 5.41) is 10.6. The Morgan fingerprint density at radius 1 is 0.284 bits per heavy atom. The summed E-state index contributed by atoms with van der Waals surface area (Å²) < 4.78 is 68.5. The third-order valence-electron chi connectivity index (χ3n) is 16.1. The van der Waals surface area contributed by atoms with Crippen LogP contribution in [0.2, 0.25) is 0 Å². The normalized spacial score (nSPS) is 14.6. The number of hydrogen-bond acceptors (Lipinski definition) is 15. The highest BCUT2D eigenvalue weighted by molar-refractivity contribution is 7.47. The first kappa shape index (κ1) is 97.2. The van der Waals surface area contributed by atoms with E-state index in [9.17, 15) is 43.2 Å². The predicted molar refractivity (Wildman–Crippen MR) is 418 cm³/mol. The monoisotopic (exact) mass is 1470 g/mol. The number of carbonyl (C=O) groups is 4. The molecule has 0 saturated carbocycles. The maximum absolute atomic E-state index is 13.1. The third kappa shape index (κ3) is 73.5. The van der Waals surface area contributed by atoms with Gasteiger partial charge in [0, 0.05) is 25.7 Å². The summed E-state index contributed by atoms with van der Waals surface area (Å²) in [5.41, 5.74) is 0. The van der Waals surface area contributed by atoms with Gasteiger partial charge in [-0.1, -0.05) is 264 Å². The molecular weight excluding hydrogens is 1330 g/mol. The molecule has 0 aromatic rings. The molecular formula is C83H140O17P2. The molecule has 0 saturated heterocycles. The molecule has 5 unspecified atom stereocenters. The number of aliphatic hydroxyl groups is 1. The second kappa shape index (κ2) is 74.5. The summed E-state index contributed by atoms with van der Waals surface area (Å²) >= 11 is 0. The van der Waals surface area contributed by atoms with Gasteiger partial charge in [0.2, 0.25) is 0 Å². The summed E-state index contributed by atoms with van der Waals surface area (Å²) in [4.78, 5) is 72.9. The van der Waals surface area contributed by atoms with Crippen molar-refractivity contribution >= 4 is 39.5 Å². The van der Waals surface area contributed by atoms with E-state index in [1.165, 1.54) is 32.1 Å². The molecule has 0 aliphatic carbocycles. The summed E-state index contributed by atoms with van der Waals surface area (Å²) in [6, 6.07) is 0. The predicted octanol–water partition coefficient (Wildman–Crippen LogP) is 22.9. The van der Waals surface area contributed by atoms with Crippen LogP contribution in [0.1, 0.15) is 310 Å². The van der Waals surface area contributed by atoms with E-state index < -0.39 is 97.5 Å². The lowest BCUT2D eigenvalue weighted by atomic mass is 10.1. The number of rotatable bonds is 73. The van der Waals surface area contributed by atoms with E-state index in [0.717, 1.165) is 199 Å². The smallest absolute Gasteiger partial charge is 0.462 e. The van der Waals surface area contributed by atoms with Crippen molar-refractivity contribution in [2.45, 2.75) is 329 Å². The molecule has 0 radical (unpaired) electrons. The number of ether oxygens (including phenoxy) is 4. The first-order valence-corrected chi connectivity index (χ1v) is 42.4. The van der Waals surface area contributed by atoms with E-state index in [1.807, 2.05) is 0 Å². The van der Waals surface area contributed by atoms with Crippen LogP contribution < -0.4 is 0 Å². The van der Waals surface area contributed by atoms with Gasteiger partial charge in [0.15, 0.2) is 12.2 Å². The Bertz CT molecular complexity index is 2460. The van der Waals surface area contributed by atoms with Gasteiger partial charge in [-0.15, -0.1) is 0 Å². The average Bonchev–Trinajstić information content (AvgIpc) is 0.926. The number of esters is 4. The molecule has 0 aromatic carbocycles. The fourth-order valence-corrected chi connectivity index (χ4v) is 11.7. The second-order valence-corrected chi connectivity index (χ2v) is 28.8. The van der Waals surface area contributed by atoms with Gasteiger partial charge in [-0.3, -0.25) is 37.3 Å². The van der Waals surface area contributed by atoms with Gasteiger partial charge in [0.25, 0.3) is 0 Å². The van der Waals surface area contributed by atoms with Gasteiger partial charge in [-0.05, 0) is 154 Å². The molecule has 3 N–H and O–H groups in total. The first-order valence-electron chi connectivity index (χ1n) is 39.4. The Labute approximate surface area is 618 Å². The lowest BCUT2D eigenvalue weighted by molar-refractivity contribution is -0.161. The number of aliphatic hydroxyl groups excluding tert-OH is 1. The van der Waals surface area contributed by atoms with E-state index in [2.05, 4.69) is 161 Å². The Hall–Kier alpha value is -4.80. The lowest BCUT2D eigenvalue weighted by Crippen LogP contribution is -2.30. The fourth-order valence-electron chi connectivity index (χ4n) is 10.1. The number of unbranched alkanes of at least 4 members (excludes halogenated alkanes) is 25. The van der Waals surface area contributed by atoms with Crippen molar-refractivity contribution in [3.05, 3.63) is 134 Å². The molecule has 0 spiro atoms. The van der Waals surface area contributed by atoms with Gasteiger partial charge in [-0.25, -0.2) is 9.13 Å². The molecule has 19 heteroatoms. The quantitative estimate of drug-likeness (QED) is 0.0169. The van der Waals surface area contributed by atoms with E-state index in [1.54, 1.807) is 0 Å². The van der Waals surface area contributed by atoms with Crippen LogP contribution in [0.25, 0.3) is 0 Å². The van der Waals surface area contributed by atoms with Crippen LogP contribution in [0, 0.1) is 0 Å². The highest BCUT2D eigenvalue weighted by Crippen LogP contribution is 2.45. The van der Waals surface area contributed by atoms with Crippen LogP contribution in [0.3, 0.4) is 0 Å². The number of phosphoric acid groups is 2. The number of hydrogen-bond donors (Lipinski definition) is 3. The molecule has 0 amide bonds. The molecule has 584 valence electrons. The maximum atomic E-state index is 13.1. The zero-order chi connectivity index (χ0) is 74.6. The number of phosphoric ester groups is 2. The zero-order valence-electron chi connectivity index (χ0n) is 63.7. The van der Waals surface area contributed by atoms with Gasteiger partial charge in [0.1, 0.15) is 19.3 Å². The van der Waals surface area contributed by atoms with Crippen molar-refractivity contribution in [3.8, 4) is 0 Å². The summed E-state index contributed by atoms with van der Waals surface area (Å²) in [7, 11) is -9.97. The van der Waals surface area contributed by atoms with Crippen molar-refractivity contribution in [2.24, 2.45) is 0 Å². The standard InChI is InChI=1S/C83H140O17P2/c1-5-9-13-17-21-25-29-32-35-37-38-40-43-45-49-52-56-60-64-68-80(85)93-73-78(99-82(87)69-65-61-57-53-47-28-24-20-16-12-8-4)75-97-101(89,90)95-71-77(84)72-96-102(91,92)98-76-79(100-83(88)70-66-62-58-54-50-46-41-34-31-27-23-19-15-11-7-3)74-94-81(86)67-63-59-55-51-48-44-42-39-36-33-30-26-22-18-14-10-6-2/h9-10,13-14,20-27,32-36,38,40-41,45,49,77-79,84H,5-8,11-12,15-19,28-31,37,39,42-44,46-48,50-76H2,1-4H3,(H,89,90)(H,91,92)/b13-9-,14-10-,24-20-,25-21-,26-22-,27-23-,35-32-,36-33-,40-38-,41-34-,49-45-. The average molecular weight is 1470 g/mol. The van der Waals surface area contributed by atoms with Crippen LogP contribution in [-0.2, 0) is 65.4 Å². The van der Waals surface area contributed by atoms with Crippen molar-refractivity contribution in [3.63, 3.8) is 0 Å². The summed E-state index contributed by atoms with van der Waals surface area (Å²) in [6.45, 7) is 4.51. The molecule has 0 aliphatic rings. The molecule has 0 fully saturated rings. The maximum Gasteiger partial charge on any atom is 0.472 e. The van der Waals surface area contributed by atoms with Crippen LogP contribution in [0.4, 0.5) is 0 Å². The molecule has 0 aliphatic heterocycles. The minimum atomic E-state index is -4.99. The number of carbonyl (C=O) groups excluding carboxylic acids is 4. The number of allylic oxidation sites excluding steroid dienone is 22. The Morgan fingerprint density at radius 3 is 0.833 bits per heavy atom. The van der Waals surface area contributed by atoms with Crippen molar-refractivity contribution in [1.29, 1.82) is 0 Å². The SMILES string of the molecule is CC/C=C\C/C=C\C/C=C\C/C=C\C/C=C\CCCCCC(=O)OCC(COP(=O)(O)OCC(O)COP(=O)(O)OCC(COC(=O)CCCCCCCCC/C=C\C/C=C\C/C=C\CC)OC(=O)CCCCCCC/C=C\C/C=C\CCCCC)OC(=O)CCCCCCC/C=C\CCCC. The van der Waals surface area contributed by atoms with Gasteiger partial charge in [0.05, 0.1) is 26.4 Å². The summed E-state index contributed by atoms with van der Waals surface area (Å²) in [5.74, 6) is -2.25. The summed E-state index contributed by atoms with van der Waals surface area (Å²) in [6.07, 6.45) is 82.9. The molecule has 0 heterocycles. The van der Waals surface area contributed by atoms with Crippen molar-refractivity contribution in [2.75, 3.05) is 39.6 Å². The van der Waals surface area contributed by atoms with Crippen LogP contribution in [0.5, 0.6) is 0 Å². The topological polar surface area (TPSA) is 237 Å². The highest BCUT2D eigenvalue weighted by atomic mass is 31.2. The Balaban J connectivity index is 5.37. The van der Waals surface area contributed by atoms with Gasteiger partial charge in [-0.2, -0.15) is 0 Å². The minimum absolute atomic E-state index is 0.0736. The zero-order valence-corrected chi connectivity index (χ0v) is 65.5. The van der Waals surface area contributed by atoms with Crippen LogP contribution in [-0.4, -0.2) is 96.7 Å². The fraction of sp³-hybridized carbons (Fsp3) is 0.687. The lowest BCUT2D eigenvalue weighted by Gasteiger charge is -2.21. The van der Waals surface area contributed by atoms with Gasteiger partial charge < -0.3 is 33.8 Å². The Morgan fingerprint density at radius 2 is 0.520 bits per heavy atom. The molecule has 5 atom stereocenters. The molecule has 0 aromatic heterocycles. The van der Waals surface area contributed by atoms with E-state index in [4.69, 9.17) is 37.0 Å². The van der Waals surface area contributed by atoms with E-state index >= 15 is 0 Å². The molecule has 102 heavy (non-hydrogen) atoms. The van der Waals surface area contributed by atoms with Crippen molar-refractivity contribution in [1.82, 2.24) is 0 Å². The highest BCUT2D eigenvalue weighted by Gasteiger charge is 2.30. The second-order valence-electron chi connectivity index (χ2n) is 25.9. The molecule has 17 nitrogen and oxygen atoms in total. The Kier molecular flexibility index (Phi) is 71.0. The van der Waals surface area contributed by atoms with Crippen molar-refractivity contribution < 1.29 is 80.2 Å². The first-order chi connectivity index (χ1) is 49.7. The molecule has 0 rings (SSSR count). The van der Waals surface area contributed by atoms with Crippen LogP contribution >= 0.6 is 15.6 Å². The van der Waals surface area contributed by atoms with Gasteiger partial charge >= 0.3 is 39.5 Å².